The lowest BCUT2D eigenvalue weighted by Gasteiger charge is -2.09. The second kappa shape index (κ2) is 6.15. The van der Waals surface area contributed by atoms with E-state index in [-0.39, 0.29) is 0 Å². The van der Waals surface area contributed by atoms with Gasteiger partial charge in [0.2, 0.25) is 0 Å². The molecule has 0 bridgehead atoms. The molecule has 0 atom stereocenters. The van der Waals surface area contributed by atoms with Crippen molar-refractivity contribution in [1.29, 1.82) is 0 Å². The van der Waals surface area contributed by atoms with Gasteiger partial charge in [-0.25, -0.2) is 9.97 Å². The van der Waals surface area contributed by atoms with Gasteiger partial charge >= 0.3 is 0 Å². The molecule has 4 rings (SSSR count). The summed E-state index contributed by atoms with van der Waals surface area (Å²) in [5.41, 5.74) is 2.74. The van der Waals surface area contributed by atoms with Crippen molar-refractivity contribution in [2.24, 2.45) is 0 Å². The maximum atomic E-state index is 6.39. The molecule has 0 aliphatic rings. The van der Waals surface area contributed by atoms with E-state index in [2.05, 4.69) is 15.3 Å². The van der Waals surface area contributed by atoms with Crippen LogP contribution in [0.1, 0.15) is 0 Å². The summed E-state index contributed by atoms with van der Waals surface area (Å²) in [4.78, 5) is 8.89. The number of anilines is 2. The minimum Gasteiger partial charge on any atom is -0.339 e. The van der Waals surface area contributed by atoms with Crippen molar-refractivity contribution in [2.45, 2.75) is 0 Å². The first-order chi connectivity index (χ1) is 11.7. The number of benzene rings is 1. The van der Waals surface area contributed by atoms with Crippen molar-refractivity contribution in [1.82, 2.24) is 14.4 Å². The summed E-state index contributed by atoms with van der Waals surface area (Å²) >= 11 is 12.3. The van der Waals surface area contributed by atoms with Gasteiger partial charge in [-0.1, -0.05) is 29.3 Å². The van der Waals surface area contributed by atoms with Crippen molar-refractivity contribution >= 4 is 40.2 Å². The van der Waals surface area contributed by atoms with Crippen LogP contribution in [0, 0.1) is 0 Å². The third-order valence-electron chi connectivity index (χ3n) is 3.65. The Balaban J connectivity index is 1.68. The van der Waals surface area contributed by atoms with Crippen molar-refractivity contribution in [2.75, 3.05) is 5.32 Å². The molecular formula is C18H12Cl2N4. The van der Waals surface area contributed by atoms with Crippen LogP contribution in [0.5, 0.6) is 0 Å². The Hall–Kier alpha value is -2.56. The normalized spacial score (nSPS) is 10.9. The van der Waals surface area contributed by atoms with Gasteiger partial charge in [0.1, 0.15) is 11.6 Å². The number of fused-ring (bicyclic) bond motifs is 1. The molecule has 6 heteroatoms. The average Bonchev–Trinajstić information content (AvgIpc) is 3.03. The van der Waals surface area contributed by atoms with E-state index < -0.39 is 0 Å². The highest BCUT2D eigenvalue weighted by Gasteiger charge is 2.10. The molecule has 3 aromatic heterocycles. The second-order valence-electron chi connectivity index (χ2n) is 5.26. The van der Waals surface area contributed by atoms with E-state index in [0.717, 1.165) is 22.6 Å². The molecular weight excluding hydrogens is 343 g/mol. The van der Waals surface area contributed by atoms with Crippen molar-refractivity contribution in [3.8, 4) is 11.4 Å². The van der Waals surface area contributed by atoms with Crippen LogP contribution >= 0.6 is 23.2 Å². The number of hydrogen-bond acceptors (Lipinski definition) is 3. The van der Waals surface area contributed by atoms with Gasteiger partial charge in [0, 0.05) is 28.7 Å². The number of hydrogen-bond donors (Lipinski definition) is 1. The molecule has 0 saturated heterocycles. The SMILES string of the molecule is Clc1ccc(Nc2ncc(-c3ncc4ccccn34)cc2Cl)cc1. The van der Waals surface area contributed by atoms with Crippen LogP contribution in [-0.2, 0) is 0 Å². The number of nitrogens with one attached hydrogen (secondary N) is 1. The third kappa shape index (κ3) is 2.82. The van der Waals surface area contributed by atoms with E-state index in [1.54, 1.807) is 6.20 Å². The van der Waals surface area contributed by atoms with E-state index in [4.69, 9.17) is 23.2 Å². The van der Waals surface area contributed by atoms with Gasteiger partial charge < -0.3 is 5.32 Å². The molecule has 0 fully saturated rings. The molecule has 0 radical (unpaired) electrons. The predicted molar refractivity (Wildman–Crippen MR) is 98.2 cm³/mol. The molecule has 0 saturated carbocycles. The van der Waals surface area contributed by atoms with Crippen molar-refractivity contribution in [3.05, 3.63) is 77.2 Å². The Morgan fingerprint density at radius 3 is 2.54 bits per heavy atom. The molecule has 3 heterocycles. The maximum absolute atomic E-state index is 6.39. The van der Waals surface area contributed by atoms with Gasteiger partial charge in [0.15, 0.2) is 0 Å². The monoisotopic (exact) mass is 354 g/mol. The second-order valence-corrected chi connectivity index (χ2v) is 6.11. The first-order valence-electron chi connectivity index (χ1n) is 7.31. The number of pyridine rings is 2. The van der Waals surface area contributed by atoms with E-state index in [9.17, 15) is 0 Å². The molecule has 118 valence electrons. The smallest absolute Gasteiger partial charge is 0.149 e. The van der Waals surface area contributed by atoms with Crippen molar-refractivity contribution < 1.29 is 0 Å². The Kier molecular flexibility index (Phi) is 3.84. The van der Waals surface area contributed by atoms with Gasteiger partial charge in [-0.3, -0.25) is 4.40 Å². The van der Waals surface area contributed by atoms with E-state index >= 15 is 0 Å². The highest BCUT2D eigenvalue weighted by atomic mass is 35.5. The van der Waals surface area contributed by atoms with E-state index in [0.29, 0.717) is 15.9 Å². The fraction of sp³-hybridized carbons (Fsp3) is 0. The fourth-order valence-corrected chi connectivity index (χ4v) is 2.82. The molecule has 4 nitrogen and oxygen atoms in total. The topological polar surface area (TPSA) is 42.2 Å². The summed E-state index contributed by atoms with van der Waals surface area (Å²) in [7, 11) is 0. The first-order valence-corrected chi connectivity index (χ1v) is 8.07. The predicted octanol–water partition coefficient (Wildman–Crippen LogP) is 5.45. The van der Waals surface area contributed by atoms with Crippen LogP contribution < -0.4 is 5.32 Å². The highest BCUT2D eigenvalue weighted by Crippen LogP contribution is 2.28. The number of imidazole rings is 1. The first kappa shape index (κ1) is 15.0. The van der Waals surface area contributed by atoms with Crippen LogP contribution in [0.3, 0.4) is 0 Å². The molecule has 4 aromatic rings. The van der Waals surface area contributed by atoms with Gasteiger partial charge in [-0.2, -0.15) is 0 Å². The molecule has 0 unspecified atom stereocenters. The lowest BCUT2D eigenvalue weighted by molar-refractivity contribution is 1.15. The van der Waals surface area contributed by atoms with Crippen LogP contribution in [0.2, 0.25) is 10.0 Å². The third-order valence-corrected chi connectivity index (χ3v) is 4.19. The van der Waals surface area contributed by atoms with Crippen LogP contribution in [0.15, 0.2) is 67.1 Å². The molecule has 0 aliphatic carbocycles. The zero-order chi connectivity index (χ0) is 16.5. The van der Waals surface area contributed by atoms with E-state index in [1.165, 1.54) is 0 Å². The van der Waals surface area contributed by atoms with Gasteiger partial charge in [-0.15, -0.1) is 0 Å². The molecule has 1 N–H and O–H groups in total. The Morgan fingerprint density at radius 1 is 0.917 bits per heavy atom. The Bertz CT molecular complexity index is 1010. The average molecular weight is 355 g/mol. The van der Waals surface area contributed by atoms with Crippen LogP contribution in [-0.4, -0.2) is 14.4 Å². The summed E-state index contributed by atoms with van der Waals surface area (Å²) in [6.07, 6.45) is 5.54. The minimum absolute atomic E-state index is 0.523. The summed E-state index contributed by atoms with van der Waals surface area (Å²) in [5, 5.41) is 4.39. The number of halogens is 2. The maximum Gasteiger partial charge on any atom is 0.149 e. The summed E-state index contributed by atoms with van der Waals surface area (Å²) in [6, 6.07) is 15.2. The fourth-order valence-electron chi connectivity index (χ4n) is 2.48. The zero-order valence-corrected chi connectivity index (χ0v) is 14.0. The van der Waals surface area contributed by atoms with Crippen LogP contribution in [0.25, 0.3) is 16.9 Å². The largest absolute Gasteiger partial charge is 0.339 e. The number of nitrogens with zero attached hydrogens (tertiary/aromatic N) is 3. The van der Waals surface area contributed by atoms with Crippen LogP contribution in [0.4, 0.5) is 11.5 Å². The van der Waals surface area contributed by atoms with Gasteiger partial charge in [0.05, 0.1) is 16.7 Å². The molecule has 0 aliphatic heterocycles. The number of rotatable bonds is 3. The highest BCUT2D eigenvalue weighted by molar-refractivity contribution is 6.33. The van der Waals surface area contributed by atoms with Gasteiger partial charge in [0.25, 0.3) is 0 Å². The lowest BCUT2D eigenvalue weighted by atomic mass is 10.2. The Labute approximate surface area is 148 Å². The lowest BCUT2D eigenvalue weighted by Crippen LogP contribution is -1.96. The molecule has 0 amide bonds. The summed E-state index contributed by atoms with van der Waals surface area (Å²) in [6.45, 7) is 0. The molecule has 0 spiro atoms. The summed E-state index contributed by atoms with van der Waals surface area (Å²) in [5.74, 6) is 1.39. The minimum atomic E-state index is 0.523. The van der Waals surface area contributed by atoms with Gasteiger partial charge in [-0.05, 0) is 42.5 Å². The quantitative estimate of drug-likeness (QED) is 0.532. The summed E-state index contributed by atoms with van der Waals surface area (Å²) < 4.78 is 2.00. The molecule has 1 aromatic carbocycles. The Morgan fingerprint density at radius 2 is 1.75 bits per heavy atom. The standard InChI is InChI=1S/C18H12Cl2N4/c19-13-4-6-14(7-5-13)23-17-16(20)9-12(10-21-17)18-22-11-15-3-1-2-8-24(15)18/h1-11H,(H,21,23). The zero-order valence-electron chi connectivity index (χ0n) is 12.4. The number of aromatic nitrogens is 3. The van der Waals surface area contributed by atoms with E-state index in [1.807, 2.05) is 65.3 Å². The molecule has 24 heavy (non-hydrogen) atoms. The van der Waals surface area contributed by atoms with Crippen molar-refractivity contribution in [3.63, 3.8) is 0 Å².